The van der Waals surface area contributed by atoms with E-state index in [0.29, 0.717) is 6.42 Å². The van der Waals surface area contributed by atoms with Gasteiger partial charge >= 0.3 is 11.9 Å². The smallest absolute Gasteiger partial charge is 0.336 e. The molecule has 0 amide bonds. The highest BCUT2D eigenvalue weighted by molar-refractivity contribution is 5.80. The van der Waals surface area contributed by atoms with Gasteiger partial charge in [0.05, 0.1) is 12.5 Å². The Hall–Kier alpha value is -1.40. The topological polar surface area (TPSA) is 85.4 Å². The van der Waals surface area contributed by atoms with Gasteiger partial charge in [0, 0.05) is 12.8 Å². The number of carbonyl (C=O) groups is 2. The van der Waals surface area contributed by atoms with Crippen LogP contribution in [0.4, 0.5) is 0 Å². The number of hydrogen-bond donors (Lipinski definition) is 1. The van der Waals surface area contributed by atoms with Gasteiger partial charge in [-0.1, -0.05) is 6.08 Å². The minimum absolute atomic E-state index is 0.0208. The monoisotopic (exact) mass is 268 g/mol. The largest absolute Gasteiger partial charge is 0.462 e. The molecule has 0 aromatic rings. The average Bonchev–Trinajstić information content (AvgIpc) is 2.96. The predicted octanol–water partition coefficient (Wildman–Crippen LogP) is 0.0821. The van der Waals surface area contributed by atoms with E-state index >= 15 is 0 Å². The Morgan fingerprint density at radius 3 is 2.89 bits per heavy atom. The summed E-state index contributed by atoms with van der Waals surface area (Å²) in [5, 5.41) is 9.53. The third-order valence-electron chi connectivity index (χ3n) is 3.67. The third kappa shape index (κ3) is 2.50. The summed E-state index contributed by atoms with van der Waals surface area (Å²) in [5.74, 6) is -1.13. The highest BCUT2D eigenvalue weighted by atomic mass is 16.6. The van der Waals surface area contributed by atoms with Gasteiger partial charge in [0.15, 0.2) is 6.10 Å². The molecule has 0 bridgehead atoms. The van der Waals surface area contributed by atoms with Crippen molar-refractivity contribution < 1.29 is 28.9 Å². The van der Waals surface area contributed by atoms with Crippen molar-refractivity contribution in [3.05, 3.63) is 12.2 Å². The first-order valence-corrected chi connectivity index (χ1v) is 6.43. The first kappa shape index (κ1) is 12.6. The molecule has 0 saturated carbocycles. The lowest BCUT2D eigenvalue weighted by atomic mass is 9.93. The van der Waals surface area contributed by atoms with E-state index in [2.05, 4.69) is 0 Å². The Kier molecular flexibility index (Phi) is 2.87. The maximum atomic E-state index is 11.8. The van der Waals surface area contributed by atoms with Crippen LogP contribution in [0, 0.1) is 0 Å². The molecule has 0 aliphatic carbocycles. The highest BCUT2D eigenvalue weighted by Crippen LogP contribution is 2.36. The summed E-state index contributed by atoms with van der Waals surface area (Å²) in [6.07, 6.45) is 2.74. The number of ether oxygens (including phenoxy) is 3. The molecule has 6 heteroatoms. The van der Waals surface area contributed by atoms with Crippen molar-refractivity contribution in [3.8, 4) is 0 Å². The van der Waals surface area contributed by atoms with Crippen LogP contribution in [0.1, 0.15) is 26.2 Å². The Morgan fingerprint density at radius 1 is 1.42 bits per heavy atom. The van der Waals surface area contributed by atoms with E-state index in [0.717, 1.165) is 0 Å². The molecule has 0 unspecified atom stereocenters. The van der Waals surface area contributed by atoms with E-state index in [1.807, 2.05) is 6.92 Å². The van der Waals surface area contributed by atoms with Crippen LogP contribution in [0.25, 0.3) is 0 Å². The van der Waals surface area contributed by atoms with Gasteiger partial charge in [-0.3, -0.25) is 4.79 Å². The first-order valence-electron chi connectivity index (χ1n) is 6.43. The molecule has 3 aliphatic heterocycles. The molecule has 5 atom stereocenters. The third-order valence-corrected chi connectivity index (χ3v) is 3.67. The standard InChI is InChI=1S/C13H16O6/c1-7-4-10-9(18-10)2-3-13(6-11(15)17-7)5-8(14)12(16)19-13/h2-3,7-10,14H,4-6H2,1H3/t7-,8-,9-,10+,13-/m1/s1. The second-order valence-electron chi connectivity index (χ2n) is 5.42. The summed E-state index contributed by atoms with van der Waals surface area (Å²) >= 11 is 0. The molecule has 104 valence electrons. The lowest BCUT2D eigenvalue weighted by Crippen LogP contribution is -2.32. The van der Waals surface area contributed by atoms with E-state index in [1.54, 1.807) is 12.2 Å². The molecule has 0 radical (unpaired) electrons. The molecule has 3 aliphatic rings. The fourth-order valence-corrected chi connectivity index (χ4v) is 2.66. The number of epoxide rings is 1. The second-order valence-corrected chi connectivity index (χ2v) is 5.42. The highest BCUT2D eigenvalue weighted by Gasteiger charge is 2.48. The maximum Gasteiger partial charge on any atom is 0.336 e. The Morgan fingerprint density at radius 2 is 2.21 bits per heavy atom. The predicted molar refractivity (Wildman–Crippen MR) is 62.0 cm³/mol. The normalized spacial score (nSPS) is 45.6. The van der Waals surface area contributed by atoms with E-state index in [4.69, 9.17) is 14.2 Å². The Labute approximate surface area is 110 Å². The molecular formula is C13H16O6. The molecular weight excluding hydrogens is 252 g/mol. The molecule has 0 aromatic heterocycles. The van der Waals surface area contributed by atoms with Gasteiger partial charge in [-0.05, 0) is 13.0 Å². The first-order chi connectivity index (χ1) is 8.97. The van der Waals surface area contributed by atoms with Gasteiger partial charge in [0.1, 0.15) is 17.8 Å². The van der Waals surface area contributed by atoms with E-state index in [9.17, 15) is 14.7 Å². The SMILES string of the molecule is C[C@@H]1C[C@@H]2O[C@@H]2C=C[C@]2(CC(=O)O1)C[C@@H](O)C(=O)O2. The van der Waals surface area contributed by atoms with Crippen molar-refractivity contribution in [2.24, 2.45) is 0 Å². The van der Waals surface area contributed by atoms with Gasteiger partial charge < -0.3 is 19.3 Å². The summed E-state index contributed by atoms with van der Waals surface area (Å²) in [6.45, 7) is 1.81. The summed E-state index contributed by atoms with van der Waals surface area (Å²) in [5.41, 5.74) is -1.10. The van der Waals surface area contributed by atoms with Crippen molar-refractivity contribution in [1.29, 1.82) is 0 Å². The number of rotatable bonds is 0. The fraction of sp³-hybridized carbons (Fsp3) is 0.692. The number of aliphatic hydroxyl groups excluding tert-OH is 1. The van der Waals surface area contributed by atoms with Crippen LogP contribution in [-0.4, -0.2) is 47.1 Å². The summed E-state index contributed by atoms with van der Waals surface area (Å²) in [7, 11) is 0. The summed E-state index contributed by atoms with van der Waals surface area (Å²) < 4.78 is 15.9. The van der Waals surface area contributed by atoms with Crippen molar-refractivity contribution in [1.82, 2.24) is 0 Å². The van der Waals surface area contributed by atoms with Crippen LogP contribution in [0.5, 0.6) is 0 Å². The van der Waals surface area contributed by atoms with E-state index in [-0.39, 0.29) is 31.2 Å². The second kappa shape index (κ2) is 4.31. The number of hydrogen-bond acceptors (Lipinski definition) is 6. The lowest BCUT2D eigenvalue weighted by molar-refractivity contribution is -0.158. The van der Waals surface area contributed by atoms with Crippen LogP contribution < -0.4 is 0 Å². The average molecular weight is 268 g/mol. The quantitative estimate of drug-likeness (QED) is 0.380. The van der Waals surface area contributed by atoms with Gasteiger partial charge in [-0.25, -0.2) is 4.79 Å². The van der Waals surface area contributed by atoms with Gasteiger partial charge in [-0.2, -0.15) is 0 Å². The fourth-order valence-electron chi connectivity index (χ4n) is 2.66. The minimum atomic E-state index is -1.19. The Bertz CT molecular complexity index is 444. The maximum absolute atomic E-state index is 11.8. The van der Waals surface area contributed by atoms with Crippen LogP contribution in [0.3, 0.4) is 0 Å². The van der Waals surface area contributed by atoms with Crippen LogP contribution >= 0.6 is 0 Å². The van der Waals surface area contributed by atoms with Crippen molar-refractivity contribution in [2.75, 3.05) is 0 Å². The molecule has 1 spiro atoms. The lowest BCUT2D eigenvalue weighted by Gasteiger charge is -2.24. The zero-order valence-electron chi connectivity index (χ0n) is 10.6. The number of esters is 2. The van der Waals surface area contributed by atoms with Crippen molar-refractivity contribution in [2.45, 2.75) is 56.2 Å². The van der Waals surface area contributed by atoms with E-state index < -0.39 is 23.6 Å². The molecule has 2 saturated heterocycles. The molecule has 6 nitrogen and oxygen atoms in total. The molecule has 19 heavy (non-hydrogen) atoms. The summed E-state index contributed by atoms with van der Waals surface area (Å²) in [4.78, 5) is 23.2. The Balaban J connectivity index is 1.84. The number of cyclic esters (lactones) is 1. The van der Waals surface area contributed by atoms with Gasteiger partial charge in [-0.15, -0.1) is 0 Å². The molecule has 2 fully saturated rings. The number of carbonyl (C=O) groups excluding carboxylic acids is 2. The molecule has 3 heterocycles. The molecule has 3 rings (SSSR count). The number of fused-ring (bicyclic) bond motifs is 1. The van der Waals surface area contributed by atoms with Gasteiger partial charge in [0.2, 0.25) is 0 Å². The molecule has 1 N–H and O–H groups in total. The number of aliphatic hydroxyl groups is 1. The van der Waals surface area contributed by atoms with Crippen LogP contribution in [-0.2, 0) is 23.8 Å². The van der Waals surface area contributed by atoms with Crippen LogP contribution in [0.2, 0.25) is 0 Å². The zero-order valence-corrected chi connectivity index (χ0v) is 10.6. The summed E-state index contributed by atoms with van der Waals surface area (Å²) in [6, 6.07) is 0. The zero-order chi connectivity index (χ0) is 13.6. The van der Waals surface area contributed by atoms with Crippen LogP contribution in [0.15, 0.2) is 12.2 Å². The van der Waals surface area contributed by atoms with Gasteiger partial charge in [0.25, 0.3) is 0 Å². The van der Waals surface area contributed by atoms with E-state index in [1.165, 1.54) is 0 Å². The minimum Gasteiger partial charge on any atom is -0.462 e. The molecule has 0 aromatic carbocycles. The van der Waals surface area contributed by atoms with Crippen molar-refractivity contribution in [3.63, 3.8) is 0 Å². The van der Waals surface area contributed by atoms with Crippen molar-refractivity contribution >= 4 is 11.9 Å².